The van der Waals surface area contributed by atoms with Crippen LogP contribution in [0.3, 0.4) is 0 Å². The van der Waals surface area contributed by atoms with Gasteiger partial charge in [-0.25, -0.2) is 0 Å². The molecule has 3 nitrogen and oxygen atoms in total. The molecule has 0 aliphatic rings. The minimum Gasteiger partial charge on any atom is -0.522 e. The van der Waals surface area contributed by atoms with Gasteiger partial charge in [-0.3, -0.25) is 0 Å². The smallest absolute Gasteiger partial charge is 0.522 e. The molecular formula is C13H21LiN2O. The molecule has 17 heavy (non-hydrogen) atoms. The standard InChI is InChI=1S/C13H21N2O.Li/c1-14(2)9-11-6-12(10-15(3)4)8-13(7-11)16-5;/h7-8H,9-10H2,1-5H3;/q-1;+1. The van der Waals surface area contributed by atoms with E-state index in [-0.39, 0.29) is 18.9 Å². The van der Waals surface area contributed by atoms with Crippen molar-refractivity contribution in [3.63, 3.8) is 0 Å². The summed E-state index contributed by atoms with van der Waals surface area (Å²) in [6, 6.07) is 7.50. The predicted octanol–water partition coefficient (Wildman–Crippen LogP) is -1.38. The quantitative estimate of drug-likeness (QED) is 0.456. The third kappa shape index (κ3) is 6.14. The molecule has 1 aromatic rings. The number of rotatable bonds is 5. The number of nitrogens with zero attached hydrogens (tertiary/aromatic N) is 2. The van der Waals surface area contributed by atoms with Crippen molar-refractivity contribution < 1.29 is 23.6 Å². The molecule has 0 saturated carbocycles. The van der Waals surface area contributed by atoms with E-state index in [2.05, 4.69) is 44.1 Å². The van der Waals surface area contributed by atoms with Crippen LogP contribution >= 0.6 is 0 Å². The summed E-state index contributed by atoms with van der Waals surface area (Å²) < 4.78 is 5.30. The normalized spacial score (nSPS) is 10.5. The molecule has 0 saturated heterocycles. The van der Waals surface area contributed by atoms with Crippen LogP contribution in [0.25, 0.3) is 0 Å². The Morgan fingerprint density at radius 1 is 1.00 bits per heavy atom. The number of benzene rings is 1. The van der Waals surface area contributed by atoms with E-state index in [9.17, 15) is 0 Å². The average molecular weight is 228 g/mol. The Morgan fingerprint density at radius 2 is 1.41 bits per heavy atom. The summed E-state index contributed by atoms with van der Waals surface area (Å²) in [5.41, 5.74) is 2.34. The van der Waals surface area contributed by atoms with E-state index in [4.69, 9.17) is 4.74 Å². The van der Waals surface area contributed by atoms with E-state index in [0.29, 0.717) is 0 Å². The summed E-state index contributed by atoms with van der Waals surface area (Å²) in [5.74, 6) is 0.910. The summed E-state index contributed by atoms with van der Waals surface area (Å²) in [5, 5.41) is 0. The number of ether oxygens (including phenoxy) is 1. The Labute approximate surface area is 117 Å². The van der Waals surface area contributed by atoms with Crippen molar-refractivity contribution in [1.29, 1.82) is 0 Å². The van der Waals surface area contributed by atoms with E-state index in [1.54, 1.807) is 7.11 Å². The average Bonchev–Trinajstić information content (AvgIpc) is 2.14. The Bertz CT molecular complexity index is 312. The second-order valence-electron chi connectivity index (χ2n) is 4.55. The second-order valence-corrected chi connectivity index (χ2v) is 4.55. The molecule has 0 heterocycles. The van der Waals surface area contributed by atoms with E-state index < -0.39 is 0 Å². The maximum absolute atomic E-state index is 5.30. The molecule has 0 amide bonds. The van der Waals surface area contributed by atoms with Gasteiger partial charge in [0.15, 0.2) is 0 Å². The molecule has 4 heteroatoms. The van der Waals surface area contributed by atoms with Crippen LogP contribution < -0.4 is 23.6 Å². The van der Waals surface area contributed by atoms with E-state index in [1.165, 1.54) is 11.1 Å². The molecular weight excluding hydrogens is 207 g/mol. The Kier molecular flexibility index (Phi) is 7.57. The van der Waals surface area contributed by atoms with E-state index in [1.807, 2.05) is 12.1 Å². The number of hydrogen-bond acceptors (Lipinski definition) is 3. The minimum absolute atomic E-state index is 0. The summed E-state index contributed by atoms with van der Waals surface area (Å²) in [6.45, 7) is 1.77. The van der Waals surface area contributed by atoms with Crippen molar-refractivity contribution in [2.24, 2.45) is 0 Å². The van der Waals surface area contributed by atoms with Crippen LogP contribution in [0.4, 0.5) is 0 Å². The maximum Gasteiger partial charge on any atom is 1.00 e. The Balaban J connectivity index is 0.00000256. The minimum atomic E-state index is 0. The van der Waals surface area contributed by atoms with Crippen LogP contribution in [0.1, 0.15) is 11.1 Å². The van der Waals surface area contributed by atoms with Gasteiger partial charge in [0.2, 0.25) is 0 Å². The van der Waals surface area contributed by atoms with Crippen LogP contribution in [-0.2, 0) is 13.1 Å². The zero-order valence-electron chi connectivity index (χ0n) is 11.9. The van der Waals surface area contributed by atoms with Gasteiger partial charge in [-0.05, 0) is 28.2 Å². The Morgan fingerprint density at radius 3 is 1.71 bits per heavy atom. The molecule has 0 unspecified atom stereocenters. The molecule has 0 aliphatic carbocycles. The second kappa shape index (κ2) is 7.79. The fraction of sp³-hybridized carbons (Fsp3) is 0.538. The van der Waals surface area contributed by atoms with Crippen molar-refractivity contribution in [2.45, 2.75) is 13.1 Å². The van der Waals surface area contributed by atoms with Gasteiger partial charge in [0, 0.05) is 18.8 Å². The fourth-order valence-electron chi connectivity index (χ4n) is 1.63. The first kappa shape index (κ1) is 16.5. The molecule has 1 rings (SSSR count). The predicted molar refractivity (Wildman–Crippen MR) is 66.6 cm³/mol. The summed E-state index contributed by atoms with van der Waals surface area (Å²) in [6.07, 6.45) is 0. The third-order valence-corrected chi connectivity index (χ3v) is 2.16. The zero-order chi connectivity index (χ0) is 12.1. The maximum atomic E-state index is 5.30. The Hall–Kier alpha value is -0.463. The molecule has 0 spiro atoms. The molecule has 0 N–H and O–H groups in total. The largest absolute Gasteiger partial charge is 1.00 e. The van der Waals surface area contributed by atoms with Crippen LogP contribution in [0.5, 0.6) is 5.75 Å². The van der Waals surface area contributed by atoms with Gasteiger partial charge in [0.05, 0.1) is 7.11 Å². The summed E-state index contributed by atoms with van der Waals surface area (Å²) >= 11 is 0. The molecule has 90 valence electrons. The van der Waals surface area contributed by atoms with Crippen molar-refractivity contribution in [3.8, 4) is 5.75 Å². The van der Waals surface area contributed by atoms with Crippen LogP contribution in [0, 0.1) is 6.07 Å². The van der Waals surface area contributed by atoms with Crippen LogP contribution in [-0.4, -0.2) is 45.1 Å². The first-order valence-electron chi connectivity index (χ1n) is 5.40. The van der Waals surface area contributed by atoms with Gasteiger partial charge in [0.1, 0.15) is 0 Å². The fourth-order valence-corrected chi connectivity index (χ4v) is 1.63. The first-order valence-corrected chi connectivity index (χ1v) is 5.40. The molecule has 0 fully saturated rings. The van der Waals surface area contributed by atoms with Gasteiger partial charge >= 0.3 is 18.9 Å². The first-order chi connectivity index (χ1) is 7.51. The molecule has 0 aromatic heterocycles. The molecule has 1 aromatic carbocycles. The van der Waals surface area contributed by atoms with E-state index in [0.717, 1.165) is 18.8 Å². The number of methoxy groups -OCH3 is 1. The summed E-state index contributed by atoms with van der Waals surface area (Å²) in [4.78, 5) is 4.26. The van der Waals surface area contributed by atoms with Gasteiger partial charge in [-0.15, -0.1) is 23.3 Å². The topological polar surface area (TPSA) is 15.7 Å². The van der Waals surface area contributed by atoms with Gasteiger partial charge < -0.3 is 14.5 Å². The van der Waals surface area contributed by atoms with Gasteiger partial charge in [-0.1, -0.05) is 0 Å². The SMILES string of the molecule is COc1cc(CN(C)C)[c-]c(CN(C)C)c1.[Li+]. The van der Waals surface area contributed by atoms with Crippen LogP contribution in [0.15, 0.2) is 12.1 Å². The van der Waals surface area contributed by atoms with Crippen molar-refractivity contribution in [1.82, 2.24) is 9.80 Å². The number of hydrogen-bond donors (Lipinski definition) is 0. The van der Waals surface area contributed by atoms with Crippen molar-refractivity contribution in [2.75, 3.05) is 35.3 Å². The summed E-state index contributed by atoms with van der Waals surface area (Å²) in [7, 11) is 9.92. The monoisotopic (exact) mass is 228 g/mol. The van der Waals surface area contributed by atoms with E-state index >= 15 is 0 Å². The van der Waals surface area contributed by atoms with Gasteiger partial charge in [0.25, 0.3) is 0 Å². The van der Waals surface area contributed by atoms with Crippen molar-refractivity contribution >= 4 is 0 Å². The van der Waals surface area contributed by atoms with Crippen molar-refractivity contribution in [3.05, 3.63) is 29.3 Å². The van der Waals surface area contributed by atoms with Gasteiger partial charge in [-0.2, -0.15) is 6.07 Å². The zero-order valence-corrected chi connectivity index (χ0v) is 11.9. The van der Waals surface area contributed by atoms with Crippen LogP contribution in [0.2, 0.25) is 0 Å². The molecule has 0 radical (unpaired) electrons. The molecule has 0 atom stereocenters. The molecule has 0 bridgehead atoms. The molecule has 0 aliphatic heterocycles. The third-order valence-electron chi connectivity index (χ3n) is 2.16.